The van der Waals surface area contributed by atoms with Crippen LogP contribution in [0.2, 0.25) is 0 Å². The summed E-state index contributed by atoms with van der Waals surface area (Å²) in [4.78, 5) is 0. The van der Waals surface area contributed by atoms with Gasteiger partial charge in [-0.15, -0.1) is 0 Å². The zero-order chi connectivity index (χ0) is 0. The zero-order valence-electron chi connectivity index (χ0n) is 3.34. The van der Waals surface area contributed by atoms with Gasteiger partial charge in [-0.3, -0.25) is 4.70 Å². The van der Waals surface area contributed by atoms with Crippen LogP contribution in [0.15, 0.2) is 0 Å². The first kappa shape index (κ1) is 424. The largest absolute Gasteiger partial charge is 5.00 e. The molecular weight excluding hydrogens is 285 g/mol. The van der Waals surface area contributed by atoms with E-state index in [4.69, 9.17) is 0 Å². The van der Waals surface area contributed by atoms with Crippen molar-refractivity contribution in [2.24, 2.45) is 0 Å². The zero-order valence-corrected chi connectivity index (χ0v) is 7.74. The second-order valence-corrected chi connectivity index (χ2v) is 0. The fourth-order valence-electron chi connectivity index (χ4n) is 0. The SMILES string of the molecule is F.[Nb+5].[Nb+5].[O-2].[O-2].[O-2].[O-2].[O-2]. The molecular formula is HFNb2O5. The third-order valence-corrected chi connectivity index (χ3v) is 0. The molecule has 0 aliphatic heterocycles. The van der Waals surface area contributed by atoms with Gasteiger partial charge in [0.05, 0.1) is 0 Å². The smallest absolute Gasteiger partial charge is 2.00 e. The van der Waals surface area contributed by atoms with Gasteiger partial charge < -0.3 is 27.4 Å². The first-order valence-electron chi connectivity index (χ1n) is 0. The van der Waals surface area contributed by atoms with Crippen LogP contribution in [0.3, 0.4) is 0 Å². The van der Waals surface area contributed by atoms with Gasteiger partial charge >= 0.3 is 44.8 Å². The van der Waals surface area contributed by atoms with Gasteiger partial charge in [-0.05, 0) is 0 Å². The molecule has 0 N–H and O–H groups in total. The Morgan fingerprint density at radius 2 is 0.375 bits per heavy atom. The van der Waals surface area contributed by atoms with Crippen molar-refractivity contribution >= 4 is 0 Å². The quantitative estimate of drug-likeness (QED) is 0.531. The molecule has 0 aromatic rings. The Bertz CT molecular complexity index is 10.4. The van der Waals surface area contributed by atoms with E-state index in [0.717, 1.165) is 0 Å². The Morgan fingerprint density at radius 3 is 0.375 bits per heavy atom. The van der Waals surface area contributed by atoms with Crippen molar-refractivity contribution in [3.8, 4) is 0 Å². The van der Waals surface area contributed by atoms with Crippen LogP contribution in [0.5, 0.6) is 0 Å². The number of hydrogen-bond acceptors (Lipinski definition) is 0. The molecule has 0 saturated carbocycles. The van der Waals surface area contributed by atoms with Gasteiger partial charge in [0.15, 0.2) is 0 Å². The molecule has 48 valence electrons. The van der Waals surface area contributed by atoms with Gasteiger partial charge in [-0.2, -0.15) is 0 Å². The van der Waals surface area contributed by atoms with E-state index in [1.54, 1.807) is 0 Å². The third-order valence-electron chi connectivity index (χ3n) is 0. The second kappa shape index (κ2) is 291. The van der Waals surface area contributed by atoms with Crippen LogP contribution in [0.25, 0.3) is 0 Å². The number of halogens is 1. The Balaban J connectivity index is 0. The molecule has 0 aromatic heterocycles. The van der Waals surface area contributed by atoms with Crippen LogP contribution in [0.4, 0.5) is 4.70 Å². The van der Waals surface area contributed by atoms with E-state index in [9.17, 15) is 0 Å². The third kappa shape index (κ3) is 190. The van der Waals surface area contributed by atoms with Crippen LogP contribution in [0, 0.1) is 0 Å². The number of hydrogen-bond donors (Lipinski definition) is 0. The molecule has 8 heavy (non-hydrogen) atoms. The molecule has 5 nitrogen and oxygen atoms in total. The van der Waals surface area contributed by atoms with Crippen LogP contribution < -0.4 is 0 Å². The van der Waals surface area contributed by atoms with Crippen LogP contribution in [-0.2, 0) is 72.1 Å². The summed E-state index contributed by atoms with van der Waals surface area (Å²) in [6, 6.07) is 0. The molecule has 0 aliphatic carbocycles. The van der Waals surface area contributed by atoms with Crippen LogP contribution in [0.1, 0.15) is 0 Å². The Hall–Kier alpha value is 1.21. The Kier molecular flexibility index (Phi) is 15400. The normalized spacial score (nSPS) is 0. The maximum Gasteiger partial charge on any atom is 5.00 e. The van der Waals surface area contributed by atoms with Crippen molar-refractivity contribution in [3.05, 3.63) is 0 Å². The minimum Gasteiger partial charge on any atom is -2.00 e. The van der Waals surface area contributed by atoms with Crippen molar-refractivity contribution < 1.29 is 76.8 Å². The predicted molar refractivity (Wildman–Crippen MR) is 5.94 cm³/mol. The van der Waals surface area contributed by atoms with Gasteiger partial charge in [-0.25, -0.2) is 0 Å². The minimum atomic E-state index is 0. The van der Waals surface area contributed by atoms with Crippen LogP contribution >= 0.6 is 0 Å². The van der Waals surface area contributed by atoms with Crippen molar-refractivity contribution in [3.63, 3.8) is 0 Å². The van der Waals surface area contributed by atoms with Crippen molar-refractivity contribution in [2.45, 2.75) is 0 Å². The van der Waals surface area contributed by atoms with E-state index >= 15 is 0 Å². The van der Waals surface area contributed by atoms with Gasteiger partial charge in [0, 0.05) is 0 Å². The van der Waals surface area contributed by atoms with E-state index < -0.39 is 0 Å². The van der Waals surface area contributed by atoms with Gasteiger partial charge in [0.25, 0.3) is 0 Å². The molecule has 0 amide bonds. The summed E-state index contributed by atoms with van der Waals surface area (Å²) in [6.45, 7) is 0. The van der Waals surface area contributed by atoms with E-state index in [2.05, 4.69) is 0 Å². The maximum atomic E-state index is 0. The standard InChI is InChI=1S/FH.2Nb.5O/h1H;;;;;;;/q;2*+5;5*-2. The molecule has 0 rings (SSSR count). The molecule has 0 spiro atoms. The van der Waals surface area contributed by atoms with E-state index in [-0.39, 0.29) is 76.8 Å². The molecule has 0 aliphatic rings. The van der Waals surface area contributed by atoms with Crippen molar-refractivity contribution in [2.75, 3.05) is 0 Å². The molecule has 0 heterocycles. The molecule has 0 radical (unpaired) electrons. The minimum absolute atomic E-state index is 0. The van der Waals surface area contributed by atoms with Gasteiger partial charge in [0.2, 0.25) is 0 Å². The molecule has 8 heteroatoms. The van der Waals surface area contributed by atoms with Crippen molar-refractivity contribution in [1.82, 2.24) is 0 Å². The summed E-state index contributed by atoms with van der Waals surface area (Å²) < 4.78 is 0. The van der Waals surface area contributed by atoms with E-state index in [0.29, 0.717) is 0 Å². The van der Waals surface area contributed by atoms with E-state index in [1.807, 2.05) is 0 Å². The Labute approximate surface area is 76.8 Å². The van der Waals surface area contributed by atoms with Gasteiger partial charge in [0.1, 0.15) is 0 Å². The molecule has 0 unspecified atom stereocenters. The second-order valence-electron chi connectivity index (χ2n) is 0. The monoisotopic (exact) mass is 286 g/mol. The molecule has 0 fully saturated rings. The van der Waals surface area contributed by atoms with Crippen LogP contribution in [-0.4, -0.2) is 0 Å². The first-order chi connectivity index (χ1) is 0. The molecule has 0 bridgehead atoms. The maximum absolute atomic E-state index is 0. The fourth-order valence-corrected chi connectivity index (χ4v) is 0. The summed E-state index contributed by atoms with van der Waals surface area (Å²) in [7, 11) is 0. The predicted octanol–water partition coefficient (Wildman–Crippen LogP) is -0.447. The average molecular weight is 286 g/mol. The summed E-state index contributed by atoms with van der Waals surface area (Å²) in [6.07, 6.45) is 0. The van der Waals surface area contributed by atoms with Gasteiger partial charge in [-0.1, -0.05) is 0 Å². The topological polar surface area (TPSA) is 142 Å². The summed E-state index contributed by atoms with van der Waals surface area (Å²) in [5.41, 5.74) is 0. The molecule has 0 aromatic carbocycles. The molecule has 0 atom stereocenters. The summed E-state index contributed by atoms with van der Waals surface area (Å²) in [5, 5.41) is 0. The van der Waals surface area contributed by atoms with Crippen molar-refractivity contribution in [1.29, 1.82) is 0 Å². The summed E-state index contributed by atoms with van der Waals surface area (Å²) in [5.74, 6) is 0. The average Bonchev–Trinajstić information content (AvgIpc) is 0. The number of rotatable bonds is 0. The summed E-state index contributed by atoms with van der Waals surface area (Å²) >= 11 is 0. The molecule has 0 saturated heterocycles. The Morgan fingerprint density at radius 1 is 0.375 bits per heavy atom. The fraction of sp³-hybridized carbons (Fsp3) is 0. The first-order valence-corrected chi connectivity index (χ1v) is 0. The van der Waals surface area contributed by atoms with E-state index in [1.165, 1.54) is 0 Å².